The first-order valence-electron chi connectivity index (χ1n) is 7.05. The molecule has 8 N–H and O–H groups in total. The molecule has 23 heavy (non-hydrogen) atoms. The molecule has 0 aliphatic carbocycles. The molecule has 11 nitrogen and oxygen atoms in total. The smallest absolute Gasteiger partial charge is 0.219 e. The zero-order chi connectivity index (χ0) is 17.4. The lowest BCUT2D eigenvalue weighted by Crippen LogP contribution is -2.60. The highest BCUT2D eigenvalue weighted by molar-refractivity contribution is 4.98. The Bertz CT molecular complexity index is 393. The second-order valence-electron chi connectivity index (χ2n) is 5.58. The van der Waals surface area contributed by atoms with E-state index >= 15 is 0 Å². The van der Waals surface area contributed by atoms with Crippen molar-refractivity contribution < 1.29 is 55.1 Å². The van der Waals surface area contributed by atoms with Crippen molar-refractivity contribution in [1.29, 1.82) is 0 Å². The maximum absolute atomic E-state index is 10.00. The molecule has 2 saturated heterocycles. The van der Waals surface area contributed by atoms with Crippen LogP contribution in [0.15, 0.2) is 0 Å². The van der Waals surface area contributed by atoms with Crippen LogP contribution in [-0.4, -0.2) is 115 Å². The molecule has 2 fully saturated rings. The van der Waals surface area contributed by atoms with E-state index < -0.39 is 74.6 Å². The van der Waals surface area contributed by atoms with Gasteiger partial charge >= 0.3 is 0 Å². The van der Waals surface area contributed by atoms with Crippen LogP contribution in [0.2, 0.25) is 0 Å². The third-order valence-electron chi connectivity index (χ3n) is 4.04. The number of aliphatic hydroxyl groups is 8. The topological polar surface area (TPSA) is 190 Å². The summed E-state index contributed by atoms with van der Waals surface area (Å²) in [7, 11) is 0. The lowest BCUT2D eigenvalue weighted by atomic mass is 9.99. The van der Waals surface area contributed by atoms with Gasteiger partial charge in [0, 0.05) is 0 Å². The van der Waals surface area contributed by atoms with Crippen LogP contribution >= 0.6 is 0 Å². The molecule has 0 amide bonds. The van der Waals surface area contributed by atoms with Crippen LogP contribution in [0.4, 0.5) is 0 Å². The minimum atomic E-state index is -2.37. The lowest BCUT2D eigenvalue weighted by Gasteiger charge is -2.41. The van der Waals surface area contributed by atoms with Gasteiger partial charge in [0.1, 0.15) is 42.7 Å². The monoisotopic (exact) mass is 342 g/mol. The van der Waals surface area contributed by atoms with Crippen LogP contribution in [0.3, 0.4) is 0 Å². The molecule has 2 heterocycles. The van der Waals surface area contributed by atoms with Gasteiger partial charge in [0.05, 0.1) is 19.8 Å². The molecule has 0 spiro atoms. The van der Waals surface area contributed by atoms with E-state index in [4.69, 9.17) is 24.4 Å². The third-order valence-corrected chi connectivity index (χ3v) is 4.04. The number of rotatable bonds is 5. The Labute approximate surface area is 130 Å². The number of aliphatic hydroxyl groups excluding tert-OH is 7. The highest BCUT2D eigenvalue weighted by Crippen LogP contribution is 2.33. The summed E-state index contributed by atoms with van der Waals surface area (Å²) in [6.45, 7) is -2.32. The van der Waals surface area contributed by atoms with Crippen LogP contribution in [0, 0.1) is 0 Å². The van der Waals surface area contributed by atoms with Gasteiger partial charge in [0.15, 0.2) is 6.29 Å². The van der Waals surface area contributed by atoms with Gasteiger partial charge in [-0.25, -0.2) is 0 Å². The van der Waals surface area contributed by atoms with Crippen LogP contribution < -0.4 is 0 Å². The normalized spacial score (nSPS) is 51.1. The van der Waals surface area contributed by atoms with E-state index in [-0.39, 0.29) is 0 Å². The predicted octanol–water partition coefficient (Wildman–Crippen LogP) is -5.40. The largest absolute Gasteiger partial charge is 0.394 e. The summed E-state index contributed by atoms with van der Waals surface area (Å²) in [6.07, 6.45) is -12.2. The maximum atomic E-state index is 10.00. The van der Waals surface area contributed by atoms with Crippen molar-refractivity contribution in [3.05, 3.63) is 0 Å². The van der Waals surface area contributed by atoms with E-state index in [1.165, 1.54) is 0 Å². The van der Waals surface area contributed by atoms with Crippen molar-refractivity contribution in [3.8, 4) is 0 Å². The van der Waals surface area contributed by atoms with E-state index in [1.807, 2.05) is 0 Å². The average Bonchev–Trinajstić information content (AvgIpc) is 2.80. The van der Waals surface area contributed by atoms with Gasteiger partial charge in [-0.1, -0.05) is 0 Å². The summed E-state index contributed by atoms with van der Waals surface area (Å²) in [5.41, 5.74) is 0. The first-order chi connectivity index (χ1) is 10.8. The molecule has 0 aromatic carbocycles. The second-order valence-corrected chi connectivity index (χ2v) is 5.58. The molecule has 9 atom stereocenters. The summed E-state index contributed by atoms with van der Waals surface area (Å²) < 4.78 is 15.3. The van der Waals surface area contributed by atoms with Gasteiger partial charge in [-0.2, -0.15) is 0 Å². The zero-order valence-corrected chi connectivity index (χ0v) is 12.0. The fourth-order valence-corrected chi connectivity index (χ4v) is 2.63. The Balaban J connectivity index is 2.13. The van der Waals surface area contributed by atoms with Crippen molar-refractivity contribution in [2.45, 2.75) is 54.8 Å². The highest BCUT2D eigenvalue weighted by Gasteiger charge is 2.56. The number of hydrogen-bond acceptors (Lipinski definition) is 11. The van der Waals surface area contributed by atoms with Crippen LogP contribution in [0.5, 0.6) is 0 Å². The molecular weight excluding hydrogens is 320 g/mol. The van der Waals surface area contributed by atoms with Crippen molar-refractivity contribution in [3.63, 3.8) is 0 Å². The van der Waals surface area contributed by atoms with Crippen molar-refractivity contribution in [2.24, 2.45) is 0 Å². The summed E-state index contributed by atoms with van der Waals surface area (Å²) in [4.78, 5) is 0. The van der Waals surface area contributed by atoms with Crippen molar-refractivity contribution in [1.82, 2.24) is 0 Å². The predicted molar refractivity (Wildman–Crippen MR) is 68.6 cm³/mol. The fourth-order valence-electron chi connectivity index (χ4n) is 2.63. The Hall–Kier alpha value is -0.440. The fraction of sp³-hybridized carbons (Fsp3) is 1.00. The van der Waals surface area contributed by atoms with E-state index in [9.17, 15) is 30.6 Å². The SMILES string of the molecule is OC[C@H]1O[C@@H](O[C@@H]2[C@@H](CO)O[C@](O)(CO)[C@H]2O)C(O)[C@@H](O)[C@H]1O. The molecule has 2 aliphatic heterocycles. The standard InChI is InChI=1S/C12H22O11/c13-1-4-6(16)7(17)8(18)11(21-4)22-9-5(2-14)23-12(20,3-15)10(9)19/h4-11,13-20H,1-3H2/t4-,5-,6+,7+,8?,9-,10+,11+,12-/m1/s1. The van der Waals surface area contributed by atoms with Gasteiger partial charge in [0.2, 0.25) is 5.79 Å². The van der Waals surface area contributed by atoms with Gasteiger partial charge in [-0.3, -0.25) is 0 Å². The second kappa shape index (κ2) is 7.21. The van der Waals surface area contributed by atoms with Crippen LogP contribution in [-0.2, 0) is 14.2 Å². The maximum Gasteiger partial charge on any atom is 0.219 e. The molecule has 0 radical (unpaired) electrons. The van der Waals surface area contributed by atoms with Crippen LogP contribution in [0.25, 0.3) is 0 Å². The minimum absolute atomic E-state index is 0.668. The number of hydrogen-bond donors (Lipinski definition) is 8. The third kappa shape index (κ3) is 3.36. The Morgan fingerprint density at radius 1 is 0.870 bits per heavy atom. The molecule has 0 aromatic rings. The van der Waals surface area contributed by atoms with Crippen molar-refractivity contribution in [2.75, 3.05) is 19.8 Å². The molecule has 0 bridgehead atoms. The van der Waals surface area contributed by atoms with Gasteiger partial charge in [-0.15, -0.1) is 0 Å². The Morgan fingerprint density at radius 2 is 1.48 bits per heavy atom. The quantitative estimate of drug-likeness (QED) is 0.238. The van der Waals surface area contributed by atoms with Gasteiger partial charge in [0.25, 0.3) is 0 Å². The van der Waals surface area contributed by atoms with E-state index in [1.54, 1.807) is 0 Å². The van der Waals surface area contributed by atoms with E-state index in [2.05, 4.69) is 0 Å². The molecule has 0 saturated carbocycles. The van der Waals surface area contributed by atoms with Gasteiger partial charge in [-0.05, 0) is 0 Å². The summed E-state index contributed by atoms with van der Waals surface area (Å²) in [6, 6.07) is 0. The van der Waals surface area contributed by atoms with E-state index in [0.29, 0.717) is 0 Å². The molecule has 1 unspecified atom stereocenters. The number of ether oxygens (including phenoxy) is 3. The summed E-state index contributed by atoms with van der Waals surface area (Å²) in [5.74, 6) is -2.37. The van der Waals surface area contributed by atoms with E-state index in [0.717, 1.165) is 0 Å². The first kappa shape index (κ1) is 18.9. The summed E-state index contributed by atoms with van der Waals surface area (Å²) >= 11 is 0. The average molecular weight is 342 g/mol. The van der Waals surface area contributed by atoms with Crippen LogP contribution in [0.1, 0.15) is 0 Å². The Kier molecular flexibility index (Phi) is 5.92. The molecule has 2 rings (SSSR count). The molecule has 0 aromatic heterocycles. The molecular formula is C12H22O11. The molecule has 2 aliphatic rings. The highest BCUT2D eigenvalue weighted by atomic mass is 16.7. The lowest BCUT2D eigenvalue weighted by molar-refractivity contribution is -0.318. The molecule has 136 valence electrons. The van der Waals surface area contributed by atoms with Crippen molar-refractivity contribution >= 4 is 0 Å². The first-order valence-corrected chi connectivity index (χ1v) is 7.05. The molecule has 11 heteroatoms. The summed E-state index contributed by atoms with van der Waals surface area (Å²) in [5, 5.41) is 76.5. The minimum Gasteiger partial charge on any atom is -0.394 e. The Morgan fingerprint density at radius 3 is 2.00 bits per heavy atom. The van der Waals surface area contributed by atoms with Gasteiger partial charge < -0.3 is 55.1 Å². The zero-order valence-electron chi connectivity index (χ0n) is 12.0.